The van der Waals surface area contributed by atoms with Crippen LogP contribution in [0.5, 0.6) is 5.75 Å². The fourth-order valence-corrected chi connectivity index (χ4v) is 2.68. The summed E-state index contributed by atoms with van der Waals surface area (Å²) >= 11 is 0. The van der Waals surface area contributed by atoms with Gasteiger partial charge in [0.05, 0.1) is 7.11 Å². The second-order valence-electron chi connectivity index (χ2n) is 5.65. The van der Waals surface area contributed by atoms with E-state index in [4.69, 9.17) is 4.74 Å². The molecule has 0 radical (unpaired) electrons. The summed E-state index contributed by atoms with van der Waals surface area (Å²) in [4.78, 5) is 22.9. The summed E-state index contributed by atoms with van der Waals surface area (Å²) < 4.78 is 5.37. The summed E-state index contributed by atoms with van der Waals surface area (Å²) in [5.41, 5.74) is 1.55. The fraction of sp³-hybridized carbons (Fsp3) is 0.421. The fourth-order valence-electron chi connectivity index (χ4n) is 2.68. The Labute approximate surface area is 149 Å². The van der Waals surface area contributed by atoms with Crippen molar-refractivity contribution in [2.24, 2.45) is 0 Å². The maximum atomic E-state index is 12.5. The van der Waals surface area contributed by atoms with Crippen LogP contribution in [0.3, 0.4) is 0 Å². The Bertz CT molecular complexity index is 714. The molecule has 2 aromatic rings. The molecule has 1 aromatic heterocycles. The van der Waals surface area contributed by atoms with E-state index in [0.29, 0.717) is 37.0 Å². The minimum atomic E-state index is -0.0664. The van der Waals surface area contributed by atoms with E-state index in [-0.39, 0.29) is 5.91 Å². The van der Waals surface area contributed by atoms with Crippen molar-refractivity contribution >= 4 is 11.7 Å². The number of carbonyl (C=O) groups excluding carboxylic acids is 1. The van der Waals surface area contributed by atoms with Crippen molar-refractivity contribution in [3.05, 3.63) is 47.4 Å². The first kappa shape index (κ1) is 18.7. The molecule has 1 amide bonds. The van der Waals surface area contributed by atoms with Crippen LogP contribution in [0.2, 0.25) is 0 Å². The van der Waals surface area contributed by atoms with Crippen molar-refractivity contribution in [2.75, 3.05) is 32.1 Å². The van der Waals surface area contributed by atoms with Gasteiger partial charge in [-0.15, -0.1) is 0 Å². The summed E-state index contributed by atoms with van der Waals surface area (Å²) in [7, 11) is 1.67. The number of para-hydroxylation sites is 1. The van der Waals surface area contributed by atoms with E-state index in [1.54, 1.807) is 25.0 Å². The third-order valence-electron chi connectivity index (χ3n) is 4.00. The molecule has 6 heteroatoms. The molecule has 0 bridgehead atoms. The number of aryl methyl sites for hydroxylation is 1. The number of nitrogens with one attached hydrogen (secondary N) is 1. The molecule has 0 saturated heterocycles. The molecule has 0 aliphatic carbocycles. The number of hydrogen-bond acceptors (Lipinski definition) is 5. The molecule has 0 fully saturated rings. The molecule has 1 heterocycles. The van der Waals surface area contributed by atoms with Crippen molar-refractivity contribution in [3.63, 3.8) is 0 Å². The molecule has 25 heavy (non-hydrogen) atoms. The predicted molar refractivity (Wildman–Crippen MR) is 99.2 cm³/mol. The van der Waals surface area contributed by atoms with Crippen molar-refractivity contribution in [1.29, 1.82) is 0 Å². The second kappa shape index (κ2) is 9.01. The zero-order valence-corrected chi connectivity index (χ0v) is 15.4. The molecule has 0 aliphatic heterocycles. The van der Waals surface area contributed by atoms with Crippen molar-refractivity contribution in [1.82, 2.24) is 14.9 Å². The quantitative estimate of drug-likeness (QED) is 0.799. The summed E-state index contributed by atoms with van der Waals surface area (Å²) in [5.74, 6) is 2.06. The third kappa shape index (κ3) is 4.92. The predicted octanol–water partition coefficient (Wildman–Crippen LogP) is 2.93. The monoisotopic (exact) mass is 342 g/mol. The Morgan fingerprint density at radius 1 is 1.20 bits per heavy atom. The van der Waals surface area contributed by atoms with E-state index in [1.807, 2.05) is 38.1 Å². The Morgan fingerprint density at radius 3 is 2.60 bits per heavy atom. The van der Waals surface area contributed by atoms with Gasteiger partial charge < -0.3 is 15.0 Å². The number of nitrogens with zero attached hydrogens (tertiary/aromatic N) is 3. The van der Waals surface area contributed by atoms with Crippen LogP contribution < -0.4 is 10.1 Å². The standard InChI is InChI=1S/C19H26N4O2/c1-5-23(6-2)19(24)16-13-18(22-14(3)21-16)20-12-11-15-9-7-8-10-17(15)25-4/h7-10,13H,5-6,11-12H2,1-4H3,(H,20,21,22). The molecule has 1 N–H and O–H groups in total. The largest absolute Gasteiger partial charge is 0.496 e. The SMILES string of the molecule is CCN(CC)C(=O)c1cc(NCCc2ccccc2OC)nc(C)n1. The van der Waals surface area contributed by atoms with Gasteiger partial charge in [-0.2, -0.15) is 0 Å². The maximum absolute atomic E-state index is 12.5. The van der Waals surface area contributed by atoms with Gasteiger partial charge in [0.1, 0.15) is 23.1 Å². The number of carbonyl (C=O) groups is 1. The van der Waals surface area contributed by atoms with E-state index in [9.17, 15) is 4.79 Å². The number of ether oxygens (including phenoxy) is 1. The number of amides is 1. The van der Waals surface area contributed by atoms with Gasteiger partial charge >= 0.3 is 0 Å². The Balaban J connectivity index is 2.06. The molecule has 6 nitrogen and oxygen atoms in total. The van der Waals surface area contributed by atoms with Gasteiger partial charge in [0.15, 0.2) is 0 Å². The first-order chi connectivity index (χ1) is 12.1. The zero-order chi connectivity index (χ0) is 18.2. The zero-order valence-electron chi connectivity index (χ0n) is 15.4. The van der Waals surface area contributed by atoms with E-state index in [1.165, 1.54) is 0 Å². The van der Waals surface area contributed by atoms with E-state index in [0.717, 1.165) is 17.7 Å². The Hall–Kier alpha value is -2.63. The molecule has 0 saturated carbocycles. The lowest BCUT2D eigenvalue weighted by Crippen LogP contribution is -2.31. The van der Waals surface area contributed by atoms with Crippen LogP contribution in [0.15, 0.2) is 30.3 Å². The highest BCUT2D eigenvalue weighted by atomic mass is 16.5. The second-order valence-corrected chi connectivity index (χ2v) is 5.65. The minimum absolute atomic E-state index is 0.0664. The summed E-state index contributed by atoms with van der Waals surface area (Å²) in [6, 6.07) is 9.66. The highest BCUT2D eigenvalue weighted by Gasteiger charge is 2.15. The van der Waals surface area contributed by atoms with Crippen LogP contribution in [-0.2, 0) is 6.42 Å². The van der Waals surface area contributed by atoms with Gasteiger partial charge in [-0.25, -0.2) is 9.97 Å². The van der Waals surface area contributed by atoms with Crippen LogP contribution in [0.4, 0.5) is 5.82 Å². The number of benzene rings is 1. The van der Waals surface area contributed by atoms with E-state index >= 15 is 0 Å². The van der Waals surface area contributed by atoms with Crippen LogP contribution in [0.25, 0.3) is 0 Å². The van der Waals surface area contributed by atoms with Gasteiger partial charge in [-0.1, -0.05) is 18.2 Å². The van der Waals surface area contributed by atoms with E-state index < -0.39 is 0 Å². The number of rotatable bonds is 8. The highest BCUT2D eigenvalue weighted by Crippen LogP contribution is 2.18. The molecule has 0 atom stereocenters. The Kier molecular flexibility index (Phi) is 6.74. The number of aromatic nitrogens is 2. The molecule has 0 aliphatic rings. The lowest BCUT2D eigenvalue weighted by molar-refractivity contribution is 0.0766. The first-order valence-corrected chi connectivity index (χ1v) is 8.59. The normalized spacial score (nSPS) is 10.4. The number of anilines is 1. The third-order valence-corrected chi connectivity index (χ3v) is 4.00. The number of hydrogen-bond donors (Lipinski definition) is 1. The topological polar surface area (TPSA) is 67.4 Å². The van der Waals surface area contributed by atoms with Gasteiger partial charge in [0.2, 0.25) is 0 Å². The molecular formula is C19H26N4O2. The molecule has 0 unspecified atom stereocenters. The average molecular weight is 342 g/mol. The molecular weight excluding hydrogens is 316 g/mol. The molecule has 0 spiro atoms. The van der Waals surface area contributed by atoms with Crippen LogP contribution in [0.1, 0.15) is 35.7 Å². The highest BCUT2D eigenvalue weighted by molar-refractivity contribution is 5.93. The van der Waals surface area contributed by atoms with Gasteiger partial charge in [-0.3, -0.25) is 4.79 Å². The lowest BCUT2D eigenvalue weighted by Gasteiger charge is -2.18. The molecule has 1 aromatic carbocycles. The van der Waals surface area contributed by atoms with Crippen LogP contribution in [-0.4, -0.2) is 47.5 Å². The van der Waals surface area contributed by atoms with E-state index in [2.05, 4.69) is 15.3 Å². The molecule has 2 rings (SSSR count). The smallest absolute Gasteiger partial charge is 0.272 e. The summed E-state index contributed by atoms with van der Waals surface area (Å²) in [6.07, 6.45) is 0.798. The average Bonchev–Trinajstić information content (AvgIpc) is 2.62. The molecule has 134 valence electrons. The summed E-state index contributed by atoms with van der Waals surface area (Å²) in [5, 5.41) is 3.28. The van der Waals surface area contributed by atoms with Gasteiger partial charge in [0, 0.05) is 25.7 Å². The lowest BCUT2D eigenvalue weighted by atomic mass is 10.1. The van der Waals surface area contributed by atoms with Crippen LogP contribution >= 0.6 is 0 Å². The van der Waals surface area contributed by atoms with Gasteiger partial charge in [0.25, 0.3) is 5.91 Å². The Morgan fingerprint density at radius 2 is 1.92 bits per heavy atom. The van der Waals surface area contributed by atoms with Crippen LogP contribution in [0, 0.1) is 6.92 Å². The number of methoxy groups -OCH3 is 1. The maximum Gasteiger partial charge on any atom is 0.272 e. The first-order valence-electron chi connectivity index (χ1n) is 8.59. The summed E-state index contributed by atoms with van der Waals surface area (Å²) in [6.45, 7) is 7.73. The van der Waals surface area contributed by atoms with Gasteiger partial charge in [-0.05, 0) is 38.8 Å². The van der Waals surface area contributed by atoms with Crippen molar-refractivity contribution in [2.45, 2.75) is 27.2 Å². The minimum Gasteiger partial charge on any atom is -0.496 e. The van der Waals surface area contributed by atoms with Crippen molar-refractivity contribution in [3.8, 4) is 5.75 Å². The van der Waals surface area contributed by atoms with Crippen molar-refractivity contribution < 1.29 is 9.53 Å².